The minimum Gasteiger partial charge on any atom is -0.493 e. The van der Waals surface area contributed by atoms with Crippen molar-refractivity contribution in [2.45, 2.75) is 12.5 Å². The van der Waals surface area contributed by atoms with E-state index in [2.05, 4.69) is 27.3 Å². The largest absolute Gasteiger partial charge is 0.493 e. The van der Waals surface area contributed by atoms with Crippen LogP contribution in [-0.4, -0.2) is 21.3 Å². The Morgan fingerprint density at radius 2 is 1.95 bits per heavy atom. The van der Waals surface area contributed by atoms with Gasteiger partial charge in [0.15, 0.2) is 11.5 Å². The van der Waals surface area contributed by atoms with Crippen LogP contribution < -0.4 is 14.8 Å². The Kier molecular flexibility index (Phi) is 5.93. The van der Waals surface area contributed by atoms with Crippen LogP contribution in [0.15, 0.2) is 28.1 Å². The van der Waals surface area contributed by atoms with E-state index in [1.807, 2.05) is 25.2 Å². The van der Waals surface area contributed by atoms with Crippen molar-refractivity contribution in [1.29, 1.82) is 0 Å². The van der Waals surface area contributed by atoms with Gasteiger partial charge in [0, 0.05) is 10.9 Å². The van der Waals surface area contributed by atoms with Crippen LogP contribution in [0, 0.1) is 0 Å². The lowest BCUT2D eigenvalue weighted by atomic mass is 10.0. The van der Waals surface area contributed by atoms with Gasteiger partial charge in [0.2, 0.25) is 0 Å². The second-order valence-electron chi connectivity index (χ2n) is 4.51. The van der Waals surface area contributed by atoms with Gasteiger partial charge in [0.05, 0.1) is 23.0 Å². The SMILES string of the molecule is CNC(Cc1ccc(OC)c(OC)c1)c1cc(Cl)c(Br)s1. The van der Waals surface area contributed by atoms with Gasteiger partial charge in [-0.2, -0.15) is 0 Å². The number of hydrogen-bond donors (Lipinski definition) is 1. The summed E-state index contributed by atoms with van der Waals surface area (Å²) in [5.41, 5.74) is 1.17. The van der Waals surface area contributed by atoms with Crippen LogP contribution in [0.25, 0.3) is 0 Å². The lowest BCUT2D eigenvalue weighted by Crippen LogP contribution is -2.17. The van der Waals surface area contributed by atoms with Gasteiger partial charge >= 0.3 is 0 Å². The molecule has 0 bridgehead atoms. The average Bonchev–Trinajstić information content (AvgIpc) is 2.83. The molecule has 0 saturated carbocycles. The van der Waals surface area contributed by atoms with E-state index < -0.39 is 0 Å². The zero-order valence-corrected chi connectivity index (χ0v) is 15.2. The summed E-state index contributed by atoms with van der Waals surface area (Å²) in [6.45, 7) is 0. The summed E-state index contributed by atoms with van der Waals surface area (Å²) in [4.78, 5) is 1.20. The number of hydrogen-bond acceptors (Lipinski definition) is 4. The highest BCUT2D eigenvalue weighted by atomic mass is 79.9. The fourth-order valence-electron chi connectivity index (χ4n) is 2.12. The Morgan fingerprint density at radius 1 is 1.24 bits per heavy atom. The minimum absolute atomic E-state index is 0.205. The maximum atomic E-state index is 6.12. The van der Waals surface area contributed by atoms with E-state index in [4.69, 9.17) is 21.1 Å². The molecule has 0 radical (unpaired) electrons. The van der Waals surface area contributed by atoms with Crippen LogP contribution in [0.4, 0.5) is 0 Å². The van der Waals surface area contributed by atoms with Crippen molar-refractivity contribution < 1.29 is 9.47 Å². The molecule has 0 aliphatic carbocycles. The maximum Gasteiger partial charge on any atom is 0.160 e. The first-order valence-corrected chi connectivity index (χ1v) is 8.40. The number of methoxy groups -OCH3 is 2. The van der Waals surface area contributed by atoms with Crippen molar-refractivity contribution in [1.82, 2.24) is 5.32 Å². The molecule has 0 aliphatic rings. The number of likely N-dealkylation sites (N-methyl/N-ethyl adjacent to an activating group) is 1. The first kappa shape index (κ1) is 16.6. The quantitative estimate of drug-likeness (QED) is 0.776. The molecule has 6 heteroatoms. The summed E-state index contributed by atoms with van der Waals surface area (Å²) in [5.74, 6) is 1.49. The van der Waals surface area contributed by atoms with Gasteiger partial charge in [-0.25, -0.2) is 0 Å². The number of halogens is 2. The molecule has 1 heterocycles. The number of thiophene rings is 1. The van der Waals surface area contributed by atoms with Crippen LogP contribution in [0.3, 0.4) is 0 Å². The Hall–Kier alpha value is -0.750. The second-order valence-corrected chi connectivity index (χ2v) is 7.31. The molecule has 1 unspecified atom stereocenters. The van der Waals surface area contributed by atoms with Crippen LogP contribution in [0.2, 0.25) is 5.02 Å². The van der Waals surface area contributed by atoms with E-state index in [0.29, 0.717) is 0 Å². The minimum atomic E-state index is 0.205. The van der Waals surface area contributed by atoms with Gasteiger partial charge in [-0.1, -0.05) is 17.7 Å². The van der Waals surface area contributed by atoms with Crippen molar-refractivity contribution in [2.75, 3.05) is 21.3 Å². The van der Waals surface area contributed by atoms with E-state index >= 15 is 0 Å². The highest BCUT2D eigenvalue weighted by Gasteiger charge is 2.16. The van der Waals surface area contributed by atoms with Gasteiger partial charge in [-0.05, 0) is 53.2 Å². The number of benzene rings is 1. The summed E-state index contributed by atoms with van der Waals surface area (Å²) in [7, 11) is 5.24. The van der Waals surface area contributed by atoms with Gasteiger partial charge in [0.1, 0.15) is 0 Å². The van der Waals surface area contributed by atoms with Crippen molar-refractivity contribution in [3.05, 3.63) is 43.5 Å². The van der Waals surface area contributed by atoms with Gasteiger partial charge in [-0.15, -0.1) is 11.3 Å². The van der Waals surface area contributed by atoms with Crippen molar-refractivity contribution in [3.63, 3.8) is 0 Å². The van der Waals surface area contributed by atoms with Crippen LogP contribution >= 0.6 is 38.9 Å². The predicted octanol–water partition coefficient (Wildman–Crippen LogP) is 4.68. The monoisotopic (exact) mass is 389 g/mol. The molecule has 114 valence electrons. The van der Waals surface area contributed by atoms with E-state index in [0.717, 1.165) is 26.7 Å². The Morgan fingerprint density at radius 3 is 2.48 bits per heavy atom. The molecule has 0 aliphatic heterocycles. The van der Waals surface area contributed by atoms with Gasteiger partial charge in [0.25, 0.3) is 0 Å². The van der Waals surface area contributed by atoms with Gasteiger partial charge in [-0.3, -0.25) is 0 Å². The molecule has 21 heavy (non-hydrogen) atoms. The highest BCUT2D eigenvalue weighted by molar-refractivity contribution is 9.11. The van der Waals surface area contributed by atoms with Crippen LogP contribution in [0.5, 0.6) is 11.5 Å². The van der Waals surface area contributed by atoms with Crippen molar-refractivity contribution >= 4 is 38.9 Å². The van der Waals surface area contributed by atoms with Crippen molar-refractivity contribution in [3.8, 4) is 11.5 Å². The number of rotatable bonds is 6. The maximum absolute atomic E-state index is 6.12. The van der Waals surface area contributed by atoms with Crippen LogP contribution in [-0.2, 0) is 6.42 Å². The molecule has 2 rings (SSSR count). The fourth-order valence-corrected chi connectivity index (χ4v) is 3.98. The Bertz CT molecular complexity index is 598. The zero-order chi connectivity index (χ0) is 15.4. The molecule has 0 spiro atoms. The highest BCUT2D eigenvalue weighted by Crippen LogP contribution is 2.37. The molecule has 0 amide bonds. The smallest absolute Gasteiger partial charge is 0.160 e. The third-order valence-corrected chi connectivity index (χ3v) is 5.83. The standard InChI is InChI=1S/C15H17BrClNO2S/c1-18-11(14-8-10(17)15(16)21-14)6-9-4-5-12(19-2)13(7-9)20-3/h4-5,7-8,11,18H,6H2,1-3H3. The van der Waals surface area contributed by atoms with Crippen LogP contribution in [0.1, 0.15) is 16.5 Å². The Balaban J connectivity index is 2.22. The lowest BCUT2D eigenvalue weighted by Gasteiger charge is -2.16. The van der Waals surface area contributed by atoms with E-state index in [1.165, 1.54) is 10.4 Å². The summed E-state index contributed by atoms with van der Waals surface area (Å²) >= 11 is 11.2. The molecule has 2 aromatic rings. The molecular weight excluding hydrogens is 374 g/mol. The zero-order valence-electron chi connectivity index (χ0n) is 12.1. The third kappa shape index (κ3) is 3.92. The molecule has 0 fully saturated rings. The fraction of sp³-hybridized carbons (Fsp3) is 0.333. The summed E-state index contributed by atoms with van der Waals surface area (Å²) in [6, 6.07) is 8.19. The number of nitrogens with one attached hydrogen (secondary N) is 1. The Labute approximate surface area is 142 Å². The average molecular weight is 391 g/mol. The van der Waals surface area contributed by atoms with E-state index in [-0.39, 0.29) is 6.04 Å². The molecule has 1 atom stereocenters. The number of ether oxygens (including phenoxy) is 2. The topological polar surface area (TPSA) is 30.5 Å². The summed E-state index contributed by atoms with van der Waals surface area (Å²) in [6.07, 6.45) is 0.847. The summed E-state index contributed by atoms with van der Waals surface area (Å²) in [5, 5.41) is 4.08. The molecule has 1 aromatic heterocycles. The molecule has 3 nitrogen and oxygen atoms in total. The third-order valence-electron chi connectivity index (χ3n) is 3.24. The normalized spacial score (nSPS) is 12.2. The van der Waals surface area contributed by atoms with Gasteiger partial charge < -0.3 is 14.8 Å². The van der Waals surface area contributed by atoms with Crippen molar-refractivity contribution in [2.24, 2.45) is 0 Å². The lowest BCUT2D eigenvalue weighted by molar-refractivity contribution is 0.354. The molecular formula is C15H17BrClNO2S. The summed E-state index contributed by atoms with van der Waals surface area (Å²) < 4.78 is 11.6. The molecule has 0 saturated heterocycles. The second kappa shape index (κ2) is 7.49. The predicted molar refractivity (Wildman–Crippen MR) is 92.1 cm³/mol. The van der Waals surface area contributed by atoms with E-state index in [9.17, 15) is 0 Å². The molecule has 1 N–H and O–H groups in total. The molecule has 1 aromatic carbocycles. The first-order valence-electron chi connectivity index (χ1n) is 6.42. The first-order chi connectivity index (χ1) is 10.1. The van der Waals surface area contributed by atoms with E-state index in [1.54, 1.807) is 25.6 Å².